The van der Waals surface area contributed by atoms with Gasteiger partial charge in [0.15, 0.2) is 0 Å². The summed E-state index contributed by atoms with van der Waals surface area (Å²) in [5.41, 5.74) is 1.81. The van der Waals surface area contributed by atoms with Gasteiger partial charge in [-0.2, -0.15) is 0 Å². The number of carbonyl (C=O) groups is 1. The summed E-state index contributed by atoms with van der Waals surface area (Å²) in [7, 11) is 1.56. The molecule has 1 aromatic heterocycles. The van der Waals surface area contributed by atoms with Gasteiger partial charge >= 0.3 is 0 Å². The van der Waals surface area contributed by atoms with E-state index < -0.39 is 0 Å². The molecule has 29 heavy (non-hydrogen) atoms. The molecule has 1 amide bonds. The number of benzene rings is 2. The second kappa shape index (κ2) is 9.89. The van der Waals surface area contributed by atoms with E-state index in [9.17, 15) is 9.18 Å². The van der Waals surface area contributed by atoms with Gasteiger partial charge in [-0.1, -0.05) is 17.7 Å². The number of aryl methyl sites for hydroxylation is 1. The first-order valence-electron chi connectivity index (χ1n) is 9.01. The number of ether oxygens (including phenoxy) is 2. The quantitative estimate of drug-likeness (QED) is 0.568. The molecule has 7 heteroatoms. The van der Waals surface area contributed by atoms with Gasteiger partial charge in [-0.3, -0.25) is 4.79 Å². The Hall–Kier alpha value is -3.12. The maximum Gasteiger partial charge on any atom is 0.220 e. The molecule has 0 atom stereocenters. The van der Waals surface area contributed by atoms with E-state index in [0.29, 0.717) is 41.8 Å². The van der Waals surface area contributed by atoms with Gasteiger partial charge in [-0.25, -0.2) is 9.37 Å². The van der Waals surface area contributed by atoms with E-state index >= 15 is 0 Å². The minimum Gasteiger partial charge on any atom is -0.495 e. The molecule has 2 aromatic carbocycles. The predicted octanol–water partition coefficient (Wildman–Crippen LogP) is 4.92. The number of aromatic nitrogens is 1. The van der Waals surface area contributed by atoms with E-state index in [-0.39, 0.29) is 11.7 Å². The molecule has 0 aliphatic rings. The summed E-state index contributed by atoms with van der Waals surface area (Å²) < 4.78 is 23.7. The zero-order valence-electron chi connectivity index (χ0n) is 15.8. The van der Waals surface area contributed by atoms with Crippen LogP contribution in [0.25, 0.3) is 0 Å². The number of rotatable bonds is 8. The molecule has 0 radical (unpaired) electrons. The van der Waals surface area contributed by atoms with Crippen LogP contribution in [0.5, 0.6) is 17.4 Å². The number of amides is 1. The molecule has 0 spiro atoms. The second-order valence-corrected chi connectivity index (χ2v) is 6.71. The predicted molar refractivity (Wildman–Crippen MR) is 109 cm³/mol. The van der Waals surface area contributed by atoms with Gasteiger partial charge in [0, 0.05) is 25.2 Å². The Morgan fingerprint density at radius 1 is 1.10 bits per heavy atom. The first kappa shape index (κ1) is 20.6. The molecule has 0 fully saturated rings. The van der Waals surface area contributed by atoms with Gasteiger partial charge < -0.3 is 14.8 Å². The smallest absolute Gasteiger partial charge is 0.220 e. The summed E-state index contributed by atoms with van der Waals surface area (Å²) >= 11 is 6.10. The Balaban J connectivity index is 1.49. The molecule has 0 unspecified atom stereocenters. The van der Waals surface area contributed by atoms with Crippen LogP contribution in [0.1, 0.15) is 17.5 Å². The van der Waals surface area contributed by atoms with Crippen LogP contribution in [0.2, 0.25) is 5.02 Å². The first-order valence-corrected chi connectivity index (χ1v) is 9.39. The topological polar surface area (TPSA) is 60.5 Å². The second-order valence-electron chi connectivity index (χ2n) is 6.30. The van der Waals surface area contributed by atoms with Crippen molar-refractivity contribution < 1.29 is 18.7 Å². The number of hydrogen-bond acceptors (Lipinski definition) is 4. The third-order valence-corrected chi connectivity index (χ3v) is 4.48. The maximum absolute atomic E-state index is 13.0. The number of nitrogens with one attached hydrogen (secondary N) is 1. The first-order chi connectivity index (χ1) is 14.0. The van der Waals surface area contributed by atoms with Crippen molar-refractivity contribution in [1.29, 1.82) is 0 Å². The lowest BCUT2D eigenvalue weighted by atomic mass is 10.1. The maximum atomic E-state index is 13.0. The Labute approximate surface area is 173 Å². The fraction of sp³-hybridized carbons (Fsp3) is 0.182. The highest BCUT2D eigenvalue weighted by atomic mass is 35.5. The van der Waals surface area contributed by atoms with Crippen LogP contribution in [-0.2, 0) is 17.8 Å². The Kier molecular flexibility index (Phi) is 7.03. The minimum atomic E-state index is -0.335. The highest BCUT2D eigenvalue weighted by Crippen LogP contribution is 2.25. The number of methoxy groups -OCH3 is 1. The van der Waals surface area contributed by atoms with Gasteiger partial charge in [0.2, 0.25) is 11.8 Å². The molecular weight excluding hydrogens is 395 g/mol. The zero-order chi connectivity index (χ0) is 20.6. The summed E-state index contributed by atoms with van der Waals surface area (Å²) in [6.45, 7) is 0.352. The molecule has 1 heterocycles. The molecule has 3 rings (SSSR count). The van der Waals surface area contributed by atoms with Crippen molar-refractivity contribution in [3.05, 3.63) is 82.8 Å². The number of nitrogens with zero attached hydrogens (tertiary/aromatic N) is 1. The molecule has 5 nitrogen and oxygen atoms in total. The van der Waals surface area contributed by atoms with Crippen molar-refractivity contribution in [2.75, 3.05) is 7.11 Å². The Morgan fingerprint density at radius 2 is 1.90 bits per heavy atom. The molecule has 0 saturated heterocycles. The van der Waals surface area contributed by atoms with Crippen LogP contribution >= 0.6 is 11.6 Å². The van der Waals surface area contributed by atoms with E-state index in [1.807, 2.05) is 6.07 Å². The molecule has 0 aliphatic carbocycles. The minimum absolute atomic E-state index is 0.0743. The van der Waals surface area contributed by atoms with Crippen LogP contribution in [0, 0.1) is 5.82 Å². The molecule has 1 N–H and O–H groups in total. The monoisotopic (exact) mass is 414 g/mol. The molecule has 0 saturated carbocycles. The molecule has 150 valence electrons. The van der Waals surface area contributed by atoms with Crippen molar-refractivity contribution in [1.82, 2.24) is 10.3 Å². The van der Waals surface area contributed by atoms with Gasteiger partial charge in [-0.15, -0.1) is 0 Å². The standard InChI is InChI=1S/C22H20ClFN2O3/c1-28-20-8-2-15(12-19(20)23)3-9-21(27)26-14-16-10-11-25-22(13-16)29-18-6-4-17(24)5-7-18/h2,4-8,10-13H,3,9,14H2,1H3,(H,26,27). The lowest BCUT2D eigenvalue weighted by Gasteiger charge is -2.09. The number of carbonyl (C=O) groups excluding carboxylic acids is 1. The van der Waals surface area contributed by atoms with Crippen LogP contribution in [0.3, 0.4) is 0 Å². The van der Waals surface area contributed by atoms with Gasteiger partial charge in [0.1, 0.15) is 17.3 Å². The third kappa shape index (κ3) is 6.19. The Bertz CT molecular complexity index is 980. The van der Waals surface area contributed by atoms with E-state index in [4.69, 9.17) is 21.1 Å². The van der Waals surface area contributed by atoms with Crippen molar-refractivity contribution in [2.45, 2.75) is 19.4 Å². The highest BCUT2D eigenvalue weighted by molar-refractivity contribution is 6.32. The lowest BCUT2D eigenvalue weighted by Crippen LogP contribution is -2.23. The number of halogens is 2. The molecule has 0 bridgehead atoms. The van der Waals surface area contributed by atoms with Crippen molar-refractivity contribution in [3.8, 4) is 17.4 Å². The number of pyridine rings is 1. The average molecular weight is 415 g/mol. The fourth-order valence-electron chi connectivity index (χ4n) is 2.65. The van der Waals surface area contributed by atoms with Crippen LogP contribution < -0.4 is 14.8 Å². The zero-order valence-corrected chi connectivity index (χ0v) is 16.6. The highest BCUT2D eigenvalue weighted by Gasteiger charge is 2.07. The van der Waals surface area contributed by atoms with E-state index in [1.165, 1.54) is 24.3 Å². The summed E-state index contributed by atoms with van der Waals surface area (Å²) in [4.78, 5) is 16.3. The van der Waals surface area contributed by atoms with Crippen LogP contribution in [0.4, 0.5) is 4.39 Å². The van der Waals surface area contributed by atoms with Crippen molar-refractivity contribution >= 4 is 17.5 Å². The van der Waals surface area contributed by atoms with Gasteiger partial charge in [-0.05, 0) is 60.0 Å². The lowest BCUT2D eigenvalue weighted by molar-refractivity contribution is -0.121. The summed E-state index contributed by atoms with van der Waals surface area (Å²) in [5.74, 6) is 1.05. The normalized spacial score (nSPS) is 10.4. The Morgan fingerprint density at radius 3 is 2.62 bits per heavy atom. The van der Waals surface area contributed by atoms with E-state index in [0.717, 1.165) is 11.1 Å². The molecule has 0 aliphatic heterocycles. The fourth-order valence-corrected chi connectivity index (χ4v) is 2.93. The third-order valence-electron chi connectivity index (χ3n) is 4.18. The largest absolute Gasteiger partial charge is 0.495 e. The summed E-state index contributed by atoms with van der Waals surface area (Å²) in [6.07, 6.45) is 2.51. The average Bonchev–Trinajstić information content (AvgIpc) is 2.73. The van der Waals surface area contributed by atoms with Crippen LogP contribution in [-0.4, -0.2) is 18.0 Å². The van der Waals surface area contributed by atoms with E-state index in [2.05, 4.69) is 10.3 Å². The molecule has 3 aromatic rings. The van der Waals surface area contributed by atoms with Crippen molar-refractivity contribution in [3.63, 3.8) is 0 Å². The summed E-state index contributed by atoms with van der Waals surface area (Å²) in [5, 5.41) is 3.40. The SMILES string of the molecule is COc1ccc(CCC(=O)NCc2ccnc(Oc3ccc(F)cc3)c2)cc1Cl. The summed E-state index contributed by atoms with van der Waals surface area (Å²) in [6, 6.07) is 14.7. The van der Waals surface area contributed by atoms with Crippen molar-refractivity contribution in [2.24, 2.45) is 0 Å². The molecular formula is C22H20ClFN2O3. The van der Waals surface area contributed by atoms with Gasteiger partial charge in [0.25, 0.3) is 0 Å². The van der Waals surface area contributed by atoms with Crippen LogP contribution in [0.15, 0.2) is 60.8 Å². The number of hydrogen-bond donors (Lipinski definition) is 1. The van der Waals surface area contributed by atoms with Gasteiger partial charge in [0.05, 0.1) is 12.1 Å². The van der Waals surface area contributed by atoms with E-state index in [1.54, 1.807) is 37.6 Å².